The van der Waals surface area contributed by atoms with Crippen molar-refractivity contribution in [3.05, 3.63) is 42.8 Å². The lowest BCUT2D eigenvalue weighted by Crippen LogP contribution is -2.32. The highest BCUT2D eigenvalue weighted by molar-refractivity contribution is 5.14. The smallest absolute Gasteiger partial charge is 0.00953 e. The zero-order valence-corrected chi connectivity index (χ0v) is 10.8. The monoisotopic (exact) mass is 230 g/mol. The topological polar surface area (TPSA) is 3.24 Å². The second-order valence-electron chi connectivity index (χ2n) is 5.06. The minimum absolute atomic E-state index is 0.723. The van der Waals surface area contributed by atoms with E-state index in [2.05, 4.69) is 42.2 Å². The van der Waals surface area contributed by atoms with Crippen molar-refractivity contribution in [3.8, 4) is 0 Å². The van der Waals surface area contributed by atoms with E-state index in [1.54, 1.807) is 0 Å². The first-order valence-electron chi connectivity index (χ1n) is 6.97. The highest BCUT2D eigenvalue weighted by Crippen LogP contribution is 2.18. The molecule has 1 fully saturated rings. The molecule has 0 saturated carbocycles. The Balaban J connectivity index is 1.72. The van der Waals surface area contributed by atoms with Crippen molar-refractivity contribution in [2.45, 2.75) is 44.6 Å². The molecule has 0 bridgehead atoms. The van der Waals surface area contributed by atoms with Gasteiger partial charge in [-0.05, 0) is 57.2 Å². The Bertz CT molecular complexity index is 301. The van der Waals surface area contributed by atoms with Crippen LogP contribution >= 0.6 is 0 Å². The first kappa shape index (κ1) is 12.6. The van der Waals surface area contributed by atoms with Gasteiger partial charge in [-0.15, -0.1) is 0 Å². The van der Waals surface area contributed by atoms with Crippen LogP contribution in [0, 0.1) is 6.92 Å². The molecule has 1 aromatic carbocycles. The summed E-state index contributed by atoms with van der Waals surface area (Å²) in [6.45, 7) is 6.71. The second kappa shape index (κ2) is 6.80. The molecule has 17 heavy (non-hydrogen) atoms. The molecule has 1 heterocycles. The van der Waals surface area contributed by atoms with Crippen molar-refractivity contribution in [3.63, 3.8) is 0 Å². The van der Waals surface area contributed by atoms with E-state index in [0.29, 0.717) is 0 Å². The lowest BCUT2D eigenvalue weighted by atomic mass is 10.0. The lowest BCUT2D eigenvalue weighted by Gasteiger charge is -2.26. The maximum Gasteiger partial charge on any atom is 0.00953 e. The standard InChI is InChI=1S/C16H24N/c1-2-16(17-13-6-7-14-17)12-8-11-15-9-4-3-5-10-15/h3-5,9-10,16H,1-2,6-8,11-14H2. The van der Waals surface area contributed by atoms with Gasteiger partial charge in [-0.1, -0.05) is 37.3 Å². The average molecular weight is 230 g/mol. The third-order valence-electron chi connectivity index (χ3n) is 3.84. The van der Waals surface area contributed by atoms with Gasteiger partial charge in [0.05, 0.1) is 0 Å². The largest absolute Gasteiger partial charge is 0.300 e. The summed E-state index contributed by atoms with van der Waals surface area (Å²) in [5.41, 5.74) is 1.47. The minimum atomic E-state index is 0.723. The van der Waals surface area contributed by atoms with Gasteiger partial charge in [-0.3, -0.25) is 0 Å². The molecule has 0 aromatic heterocycles. The van der Waals surface area contributed by atoms with Crippen molar-refractivity contribution in [2.24, 2.45) is 0 Å². The molecule has 0 spiro atoms. The predicted molar refractivity (Wildman–Crippen MR) is 73.9 cm³/mol. The van der Waals surface area contributed by atoms with Gasteiger partial charge in [-0.2, -0.15) is 0 Å². The Hall–Kier alpha value is -0.820. The third kappa shape index (κ3) is 3.85. The van der Waals surface area contributed by atoms with E-state index < -0.39 is 0 Å². The summed E-state index contributed by atoms with van der Waals surface area (Å²) in [5.74, 6) is 0. The third-order valence-corrected chi connectivity index (χ3v) is 3.84. The Morgan fingerprint density at radius 3 is 2.47 bits per heavy atom. The summed E-state index contributed by atoms with van der Waals surface area (Å²) < 4.78 is 0. The normalized spacial score (nSPS) is 18.4. The summed E-state index contributed by atoms with van der Waals surface area (Å²) in [4.78, 5) is 2.64. The Morgan fingerprint density at radius 2 is 1.82 bits per heavy atom. The molecule has 1 atom stereocenters. The van der Waals surface area contributed by atoms with Crippen molar-refractivity contribution >= 4 is 0 Å². The first-order chi connectivity index (χ1) is 8.40. The molecule has 1 aliphatic rings. The van der Waals surface area contributed by atoms with Crippen molar-refractivity contribution in [2.75, 3.05) is 13.1 Å². The van der Waals surface area contributed by atoms with Crippen molar-refractivity contribution in [1.29, 1.82) is 0 Å². The zero-order valence-electron chi connectivity index (χ0n) is 10.8. The molecule has 1 radical (unpaired) electrons. The van der Waals surface area contributed by atoms with Crippen LogP contribution in [0.4, 0.5) is 0 Å². The van der Waals surface area contributed by atoms with Gasteiger partial charge in [-0.25, -0.2) is 0 Å². The van der Waals surface area contributed by atoms with Gasteiger partial charge in [0.15, 0.2) is 0 Å². The number of likely N-dealkylation sites (tertiary alicyclic amines) is 1. The van der Waals surface area contributed by atoms with Crippen LogP contribution in [0.5, 0.6) is 0 Å². The predicted octanol–water partition coefficient (Wildman–Crippen LogP) is 3.70. The number of rotatable bonds is 6. The summed E-state index contributed by atoms with van der Waals surface area (Å²) in [5, 5.41) is 0. The quantitative estimate of drug-likeness (QED) is 0.720. The van der Waals surface area contributed by atoms with E-state index in [-0.39, 0.29) is 0 Å². The molecular weight excluding hydrogens is 206 g/mol. The highest BCUT2D eigenvalue weighted by atomic mass is 15.2. The van der Waals surface area contributed by atoms with E-state index >= 15 is 0 Å². The fourth-order valence-corrected chi connectivity index (χ4v) is 2.80. The van der Waals surface area contributed by atoms with Gasteiger partial charge in [0.2, 0.25) is 0 Å². The lowest BCUT2D eigenvalue weighted by molar-refractivity contribution is 0.228. The number of hydrogen-bond donors (Lipinski definition) is 0. The van der Waals surface area contributed by atoms with E-state index in [9.17, 15) is 0 Å². The van der Waals surface area contributed by atoms with Crippen LogP contribution in [0.3, 0.4) is 0 Å². The molecular formula is C16H24N. The average Bonchev–Trinajstić information content (AvgIpc) is 2.90. The van der Waals surface area contributed by atoms with E-state index in [0.717, 1.165) is 12.5 Å². The molecule has 1 nitrogen and oxygen atoms in total. The molecule has 0 aliphatic carbocycles. The number of benzene rings is 1. The van der Waals surface area contributed by atoms with Gasteiger partial charge in [0.1, 0.15) is 0 Å². The van der Waals surface area contributed by atoms with Gasteiger partial charge in [0.25, 0.3) is 0 Å². The van der Waals surface area contributed by atoms with E-state index in [1.165, 1.54) is 50.8 Å². The molecule has 0 N–H and O–H groups in total. The number of hydrogen-bond acceptors (Lipinski definition) is 1. The minimum Gasteiger partial charge on any atom is -0.300 e. The SMILES string of the molecule is [CH2]CC(CCCc1ccccc1)N1CCCC1. The van der Waals surface area contributed by atoms with Crippen LogP contribution in [-0.4, -0.2) is 24.0 Å². The molecule has 2 rings (SSSR count). The highest BCUT2D eigenvalue weighted by Gasteiger charge is 2.19. The van der Waals surface area contributed by atoms with E-state index in [1.807, 2.05) is 0 Å². The van der Waals surface area contributed by atoms with Crippen LogP contribution < -0.4 is 0 Å². The maximum atomic E-state index is 4.11. The van der Waals surface area contributed by atoms with E-state index in [4.69, 9.17) is 0 Å². The Kier molecular flexibility index (Phi) is 5.06. The zero-order chi connectivity index (χ0) is 11.9. The molecule has 93 valence electrons. The van der Waals surface area contributed by atoms with Crippen molar-refractivity contribution < 1.29 is 0 Å². The molecule has 1 unspecified atom stereocenters. The van der Waals surface area contributed by atoms with Crippen molar-refractivity contribution in [1.82, 2.24) is 4.90 Å². The molecule has 1 aliphatic heterocycles. The van der Waals surface area contributed by atoms with Gasteiger partial charge < -0.3 is 4.90 Å². The molecule has 1 heteroatoms. The number of nitrogens with zero attached hydrogens (tertiary/aromatic N) is 1. The first-order valence-corrected chi connectivity index (χ1v) is 6.97. The Labute approximate surface area is 106 Å². The fraction of sp³-hybridized carbons (Fsp3) is 0.562. The summed E-state index contributed by atoms with van der Waals surface area (Å²) >= 11 is 0. The number of aryl methyl sites for hydroxylation is 1. The summed E-state index contributed by atoms with van der Waals surface area (Å²) in [6, 6.07) is 11.5. The van der Waals surface area contributed by atoms with Crippen LogP contribution in [0.1, 0.15) is 37.7 Å². The molecule has 1 saturated heterocycles. The van der Waals surface area contributed by atoms with Gasteiger partial charge in [0, 0.05) is 6.04 Å². The summed E-state index contributed by atoms with van der Waals surface area (Å²) in [6.07, 6.45) is 7.64. The second-order valence-corrected chi connectivity index (χ2v) is 5.06. The van der Waals surface area contributed by atoms with Gasteiger partial charge >= 0.3 is 0 Å². The van der Waals surface area contributed by atoms with Crippen LogP contribution in [0.15, 0.2) is 30.3 Å². The summed E-state index contributed by atoms with van der Waals surface area (Å²) in [7, 11) is 0. The molecule has 0 amide bonds. The van der Waals surface area contributed by atoms with Crippen LogP contribution in [0.25, 0.3) is 0 Å². The Morgan fingerprint density at radius 1 is 1.12 bits per heavy atom. The molecule has 1 aromatic rings. The maximum absolute atomic E-state index is 4.11. The van der Waals surface area contributed by atoms with Crippen LogP contribution in [-0.2, 0) is 6.42 Å². The van der Waals surface area contributed by atoms with Crippen LogP contribution in [0.2, 0.25) is 0 Å². The fourth-order valence-electron chi connectivity index (χ4n) is 2.80.